The number of carbonyl (C=O) groups excluding carboxylic acids is 2. The molecular weight excluding hydrogens is 570 g/mol. The molecule has 0 spiro atoms. The first kappa shape index (κ1) is 30.4. The van der Waals surface area contributed by atoms with Crippen molar-refractivity contribution in [1.29, 1.82) is 0 Å². The summed E-state index contributed by atoms with van der Waals surface area (Å²) < 4.78 is 7.95. The second-order valence-corrected chi connectivity index (χ2v) is 11.7. The maximum atomic E-state index is 13.4. The van der Waals surface area contributed by atoms with E-state index in [1.54, 1.807) is 23.9 Å². The molecule has 10 nitrogen and oxygen atoms in total. The van der Waals surface area contributed by atoms with E-state index in [1.165, 1.54) is 0 Å². The van der Waals surface area contributed by atoms with E-state index in [0.29, 0.717) is 29.3 Å². The van der Waals surface area contributed by atoms with Crippen molar-refractivity contribution in [2.75, 3.05) is 43.1 Å². The number of aliphatic hydroxyl groups excluding tert-OH is 2. The normalized spacial score (nSPS) is 20.6. The highest BCUT2D eigenvalue weighted by molar-refractivity contribution is 6.47. The van der Waals surface area contributed by atoms with E-state index in [0.717, 1.165) is 67.2 Å². The molecule has 2 aromatic carbocycles. The first-order valence-electron chi connectivity index (χ1n) is 15.4. The summed E-state index contributed by atoms with van der Waals surface area (Å²) >= 11 is 0. The summed E-state index contributed by atoms with van der Waals surface area (Å²) in [5, 5.41) is 22.3. The summed E-state index contributed by atoms with van der Waals surface area (Å²) in [4.78, 5) is 36.0. The quantitative estimate of drug-likeness (QED) is 0.285. The van der Waals surface area contributed by atoms with Crippen LogP contribution >= 0.6 is 0 Å². The number of ether oxygens (including phenoxy) is 1. The average molecular weight is 610 g/mol. The number of nitrogens with zero attached hydrogens (tertiary/aromatic N) is 4. The lowest BCUT2D eigenvalue weighted by atomic mass is 10.0. The van der Waals surface area contributed by atoms with E-state index in [9.17, 15) is 19.8 Å². The van der Waals surface area contributed by atoms with Crippen molar-refractivity contribution >= 4 is 28.9 Å². The van der Waals surface area contributed by atoms with E-state index < -0.39 is 17.8 Å². The van der Waals surface area contributed by atoms with Crippen LogP contribution < -0.4 is 15.0 Å². The Morgan fingerprint density at radius 2 is 1.96 bits per heavy atom. The standard InChI is InChI=1S/C35H39N5O5/c1-23-17-28(24-9-5-3-6-10-24)33(38(23)2)34(43)35(44)37-26-13-14-29-31(18-26)45-22-27-20-39(15-16-40(27)29)32-12-8-4-7-11-25(19-36-32)30(42)21-41/h3,5-7,9-11,13-14,17-19,27,30,41-42H,4,8,12,15-16,20-22H2,1-2H3,(H,37,44)/b11-7-,25-19+,36-32?/t27-,30+/m1/s1. The molecule has 0 unspecified atom stereocenters. The minimum atomic E-state index is -0.952. The van der Waals surface area contributed by atoms with Crippen LogP contribution in [-0.4, -0.2) is 82.2 Å². The SMILES string of the molecule is Cc1cc(-c2ccccc2)c(C(=O)C(=O)Nc2ccc3c(c2)OC[C@H]2CN(C4=N/C=C([C@@H](O)CO)\C=C/CCC4)CCN32)n1C. The van der Waals surface area contributed by atoms with Gasteiger partial charge in [-0.2, -0.15) is 0 Å². The van der Waals surface area contributed by atoms with Crippen molar-refractivity contribution < 1.29 is 24.5 Å². The minimum Gasteiger partial charge on any atom is -0.489 e. The van der Waals surface area contributed by atoms with Crippen molar-refractivity contribution in [2.24, 2.45) is 12.0 Å². The van der Waals surface area contributed by atoms with Crippen LogP contribution in [0.5, 0.6) is 5.75 Å². The van der Waals surface area contributed by atoms with E-state index >= 15 is 0 Å². The Bertz CT molecular complexity index is 1670. The molecule has 10 heteroatoms. The Labute approximate surface area is 262 Å². The van der Waals surface area contributed by atoms with Gasteiger partial charge in [0.2, 0.25) is 0 Å². The third kappa shape index (κ3) is 6.29. The molecule has 234 valence electrons. The van der Waals surface area contributed by atoms with E-state index in [2.05, 4.69) is 15.1 Å². The van der Waals surface area contributed by atoms with Crippen LogP contribution in [0.4, 0.5) is 11.4 Å². The molecule has 3 aliphatic rings. The molecule has 1 saturated heterocycles. The zero-order chi connectivity index (χ0) is 31.5. The smallest absolute Gasteiger partial charge is 0.298 e. The molecule has 1 amide bonds. The van der Waals surface area contributed by atoms with Crippen LogP contribution in [0.25, 0.3) is 11.1 Å². The maximum absolute atomic E-state index is 13.4. The number of piperazine rings is 1. The number of hydrogen-bond donors (Lipinski definition) is 3. The van der Waals surface area contributed by atoms with Crippen LogP contribution in [0.3, 0.4) is 0 Å². The van der Waals surface area contributed by atoms with Crippen LogP contribution in [0.15, 0.2) is 83.5 Å². The third-order valence-electron chi connectivity index (χ3n) is 8.79. The summed E-state index contributed by atoms with van der Waals surface area (Å²) in [5.41, 5.74) is 4.90. The Hall–Kier alpha value is -4.67. The highest BCUT2D eigenvalue weighted by Crippen LogP contribution is 2.38. The van der Waals surface area contributed by atoms with Gasteiger partial charge in [-0.25, -0.2) is 4.99 Å². The largest absolute Gasteiger partial charge is 0.489 e. The number of aromatic nitrogens is 1. The average Bonchev–Trinajstić information content (AvgIpc) is 3.43. The van der Waals surface area contributed by atoms with Crippen LogP contribution in [0.2, 0.25) is 0 Å². The summed E-state index contributed by atoms with van der Waals surface area (Å²) in [6.45, 7) is 4.33. The molecule has 3 N–H and O–H groups in total. The lowest BCUT2D eigenvalue weighted by Gasteiger charge is -2.46. The number of nitrogens with one attached hydrogen (secondary N) is 1. The monoisotopic (exact) mass is 609 g/mol. The zero-order valence-electron chi connectivity index (χ0n) is 25.6. The summed E-state index contributed by atoms with van der Waals surface area (Å²) in [5.74, 6) is 0.334. The number of rotatable bonds is 6. The number of fused-ring (bicyclic) bond motifs is 3. The number of Topliss-reactive ketones (excluding diaryl/α,β-unsaturated/α-hetero) is 1. The van der Waals surface area contributed by atoms with Crippen molar-refractivity contribution in [3.8, 4) is 16.9 Å². The Morgan fingerprint density at radius 1 is 1.13 bits per heavy atom. The highest BCUT2D eigenvalue weighted by Gasteiger charge is 2.34. The van der Waals surface area contributed by atoms with E-state index in [4.69, 9.17) is 9.73 Å². The number of hydrogen-bond acceptors (Lipinski definition) is 8. The summed E-state index contributed by atoms with van der Waals surface area (Å²) in [6, 6.07) is 17.2. The highest BCUT2D eigenvalue weighted by atomic mass is 16.5. The zero-order valence-corrected chi connectivity index (χ0v) is 25.6. The molecule has 45 heavy (non-hydrogen) atoms. The molecule has 1 aromatic heterocycles. The number of anilines is 2. The fourth-order valence-electron chi connectivity index (χ4n) is 6.22. The fraction of sp³-hybridized carbons (Fsp3) is 0.343. The maximum Gasteiger partial charge on any atom is 0.298 e. The summed E-state index contributed by atoms with van der Waals surface area (Å²) in [6.07, 6.45) is 7.22. The lowest BCUT2D eigenvalue weighted by molar-refractivity contribution is -0.112. The van der Waals surface area contributed by atoms with Crippen molar-refractivity contribution in [3.05, 3.63) is 89.9 Å². The number of amides is 1. The molecule has 0 bridgehead atoms. The molecule has 0 radical (unpaired) electrons. The van der Waals surface area contributed by atoms with Gasteiger partial charge in [0.25, 0.3) is 11.7 Å². The second-order valence-electron chi connectivity index (χ2n) is 11.7. The summed E-state index contributed by atoms with van der Waals surface area (Å²) in [7, 11) is 1.79. The molecule has 6 rings (SSSR count). The van der Waals surface area contributed by atoms with E-state index in [-0.39, 0.29) is 12.6 Å². The van der Waals surface area contributed by atoms with Gasteiger partial charge in [0.1, 0.15) is 30.0 Å². The van der Waals surface area contributed by atoms with Gasteiger partial charge in [-0.3, -0.25) is 9.59 Å². The van der Waals surface area contributed by atoms with Gasteiger partial charge in [-0.15, -0.1) is 0 Å². The van der Waals surface area contributed by atoms with Crippen molar-refractivity contribution in [3.63, 3.8) is 0 Å². The van der Waals surface area contributed by atoms with Crippen LogP contribution in [0.1, 0.15) is 35.4 Å². The molecule has 2 atom stereocenters. The van der Waals surface area contributed by atoms with Gasteiger partial charge in [0.05, 0.1) is 18.3 Å². The van der Waals surface area contributed by atoms with Gasteiger partial charge < -0.3 is 34.6 Å². The number of amidine groups is 1. The van der Waals surface area contributed by atoms with Gasteiger partial charge in [0, 0.05) is 67.9 Å². The Morgan fingerprint density at radius 3 is 2.76 bits per heavy atom. The lowest BCUT2D eigenvalue weighted by Crippen LogP contribution is -2.58. The number of ketones is 1. The van der Waals surface area contributed by atoms with Gasteiger partial charge in [-0.05, 0) is 43.5 Å². The minimum absolute atomic E-state index is 0.116. The molecule has 0 aliphatic carbocycles. The number of aliphatic imine (C=N–C) groups is 1. The molecule has 1 fully saturated rings. The van der Waals surface area contributed by atoms with Gasteiger partial charge >= 0.3 is 0 Å². The number of aliphatic hydroxyl groups is 2. The topological polar surface area (TPSA) is 120 Å². The molecular formula is C35H39N5O5. The molecule has 0 saturated carbocycles. The van der Waals surface area contributed by atoms with Crippen molar-refractivity contribution in [1.82, 2.24) is 9.47 Å². The number of carbonyl (C=O) groups is 2. The van der Waals surface area contributed by atoms with E-state index in [1.807, 2.05) is 67.6 Å². The van der Waals surface area contributed by atoms with Gasteiger partial charge in [0.15, 0.2) is 0 Å². The third-order valence-corrected chi connectivity index (χ3v) is 8.79. The number of allylic oxidation sites excluding steroid dienone is 1. The van der Waals surface area contributed by atoms with Crippen LogP contribution in [-0.2, 0) is 11.8 Å². The second kappa shape index (κ2) is 13.1. The molecule has 3 aromatic rings. The fourth-order valence-corrected chi connectivity index (χ4v) is 6.22. The Kier molecular flexibility index (Phi) is 8.86. The molecule has 3 aliphatic heterocycles. The predicted molar refractivity (Wildman–Crippen MR) is 175 cm³/mol. The number of benzene rings is 2. The number of aryl methyl sites for hydroxylation is 1. The first-order valence-corrected chi connectivity index (χ1v) is 15.4. The van der Waals surface area contributed by atoms with Crippen molar-refractivity contribution in [2.45, 2.75) is 38.3 Å². The Balaban J connectivity index is 1.15. The predicted octanol–water partition coefficient (Wildman–Crippen LogP) is 4.08. The first-order chi connectivity index (χ1) is 21.8. The molecule has 4 heterocycles. The van der Waals surface area contributed by atoms with Crippen LogP contribution in [0, 0.1) is 6.92 Å². The van der Waals surface area contributed by atoms with Gasteiger partial charge in [-0.1, -0.05) is 42.5 Å².